The molecule has 0 aliphatic heterocycles. The van der Waals surface area contributed by atoms with Gasteiger partial charge >= 0.3 is 0 Å². The number of rotatable bonds is 4. The van der Waals surface area contributed by atoms with Gasteiger partial charge in [-0.3, -0.25) is 4.79 Å². The normalized spacial score (nSPS) is 11.0. The molecule has 1 N–H and O–H groups in total. The number of nitrogens with one attached hydrogen (secondary N) is 1. The zero-order valence-corrected chi connectivity index (χ0v) is 17.9. The van der Waals surface area contributed by atoms with Crippen LogP contribution in [0, 0.1) is 13.8 Å². The Bertz CT molecular complexity index is 1390. The van der Waals surface area contributed by atoms with Crippen LogP contribution in [0.15, 0.2) is 73.1 Å². The summed E-state index contributed by atoms with van der Waals surface area (Å²) >= 11 is 1.67. The summed E-state index contributed by atoms with van der Waals surface area (Å²) in [6.45, 7) is 3.94. The lowest BCUT2D eigenvalue weighted by Gasteiger charge is -2.06. The number of anilines is 1. The van der Waals surface area contributed by atoms with Crippen molar-refractivity contribution in [2.45, 2.75) is 13.8 Å². The van der Waals surface area contributed by atoms with Crippen molar-refractivity contribution in [3.8, 4) is 16.4 Å². The molecule has 0 radical (unpaired) electrons. The topological polar surface area (TPSA) is 72.7 Å². The Morgan fingerprint density at radius 2 is 1.87 bits per heavy atom. The highest BCUT2D eigenvalue weighted by atomic mass is 32.1. The van der Waals surface area contributed by atoms with Crippen molar-refractivity contribution in [1.29, 1.82) is 0 Å². The molecule has 3 aromatic heterocycles. The molecule has 2 aromatic carbocycles. The van der Waals surface area contributed by atoms with Gasteiger partial charge in [-0.1, -0.05) is 12.1 Å². The van der Waals surface area contributed by atoms with Crippen molar-refractivity contribution < 1.29 is 4.79 Å². The predicted octanol–water partition coefficient (Wildman–Crippen LogP) is 5.41. The number of aryl methyl sites for hydroxylation is 1. The fraction of sp³-hybridized carbons (Fsp3) is 0.0833. The van der Waals surface area contributed by atoms with Crippen LogP contribution in [-0.2, 0) is 0 Å². The molecule has 0 fully saturated rings. The Labute approximate surface area is 183 Å². The summed E-state index contributed by atoms with van der Waals surface area (Å²) < 4.78 is 2.83. The van der Waals surface area contributed by atoms with Gasteiger partial charge in [0.1, 0.15) is 5.01 Å². The third-order valence-corrected chi connectivity index (χ3v) is 6.12. The Balaban J connectivity index is 1.35. The third-order valence-electron chi connectivity index (χ3n) is 5.05. The van der Waals surface area contributed by atoms with Crippen LogP contribution < -0.4 is 5.32 Å². The minimum atomic E-state index is -0.206. The van der Waals surface area contributed by atoms with E-state index in [1.807, 2.05) is 55.5 Å². The molecule has 152 valence electrons. The van der Waals surface area contributed by atoms with Crippen LogP contribution in [0.2, 0.25) is 0 Å². The number of pyridine rings is 1. The molecule has 7 heteroatoms. The number of benzene rings is 2. The highest BCUT2D eigenvalue weighted by molar-refractivity contribution is 7.21. The summed E-state index contributed by atoms with van der Waals surface area (Å²) in [5, 5.41) is 8.23. The van der Waals surface area contributed by atoms with Gasteiger partial charge in [0, 0.05) is 17.4 Å². The molecular weight excluding hydrogens is 406 g/mol. The van der Waals surface area contributed by atoms with Crippen molar-refractivity contribution in [3.05, 3.63) is 89.9 Å². The minimum absolute atomic E-state index is 0.206. The Morgan fingerprint density at radius 3 is 2.65 bits per heavy atom. The van der Waals surface area contributed by atoms with E-state index in [1.165, 1.54) is 10.3 Å². The first kappa shape index (κ1) is 19.1. The Kier molecular flexibility index (Phi) is 4.80. The van der Waals surface area contributed by atoms with Crippen LogP contribution in [0.4, 0.5) is 5.69 Å². The number of amides is 1. The summed E-state index contributed by atoms with van der Waals surface area (Å²) in [5.74, 6) is 0.470. The number of carbonyl (C=O) groups is 1. The second-order valence-electron chi connectivity index (χ2n) is 7.27. The van der Waals surface area contributed by atoms with E-state index in [9.17, 15) is 4.79 Å². The van der Waals surface area contributed by atoms with Crippen LogP contribution in [0.5, 0.6) is 0 Å². The summed E-state index contributed by atoms with van der Waals surface area (Å²) in [4.78, 5) is 21.8. The van der Waals surface area contributed by atoms with E-state index in [0.717, 1.165) is 27.5 Å². The molecule has 0 bridgehead atoms. The van der Waals surface area contributed by atoms with Gasteiger partial charge in [0.25, 0.3) is 5.91 Å². The lowest BCUT2D eigenvalue weighted by atomic mass is 10.2. The number of aromatic nitrogens is 4. The molecule has 5 rings (SSSR count). The minimum Gasteiger partial charge on any atom is -0.322 e. The Hall–Kier alpha value is -3.84. The number of thiazole rings is 1. The molecule has 0 saturated carbocycles. The van der Waals surface area contributed by atoms with Gasteiger partial charge in [-0.15, -0.1) is 11.3 Å². The monoisotopic (exact) mass is 425 g/mol. The number of hydrogen-bond acceptors (Lipinski definition) is 5. The van der Waals surface area contributed by atoms with E-state index >= 15 is 0 Å². The maximum atomic E-state index is 12.8. The summed E-state index contributed by atoms with van der Waals surface area (Å²) in [5.41, 5.74) is 5.21. The fourth-order valence-corrected chi connectivity index (χ4v) is 4.46. The molecule has 6 nitrogen and oxygen atoms in total. The lowest BCUT2D eigenvalue weighted by molar-refractivity contribution is 0.102. The van der Waals surface area contributed by atoms with Gasteiger partial charge in [0.05, 0.1) is 27.7 Å². The number of nitrogens with zero attached hydrogens (tertiary/aromatic N) is 4. The van der Waals surface area contributed by atoms with E-state index in [0.29, 0.717) is 11.4 Å². The van der Waals surface area contributed by atoms with Gasteiger partial charge in [-0.05, 0) is 67.9 Å². The molecule has 0 spiro atoms. The molecule has 0 unspecified atom stereocenters. The van der Waals surface area contributed by atoms with Crippen molar-refractivity contribution in [3.63, 3.8) is 0 Å². The van der Waals surface area contributed by atoms with Crippen molar-refractivity contribution in [2.75, 3.05) is 5.32 Å². The highest BCUT2D eigenvalue weighted by Gasteiger charge is 2.16. The quantitative estimate of drug-likeness (QED) is 0.418. The van der Waals surface area contributed by atoms with E-state index in [-0.39, 0.29) is 5.91 Å². The molecular formula is C24H19N5OS. The average Bonchev–Trinajstić information content (AvgIpc) is 3.38. The molecule has 0 atom stereocenters. The van der Waals surface area contributed by atoms with Crippen LogP contribution in [-0.4, -0.2) is 25.7 Å². The van der Waals surface area contributed by atoms with E-state index in [1.54, 1.807) is 28.4 Å². The largest absolute Gasteiger partial charge is 0.322 e. The van der Waals surface area contributed by atoms with Crippen LogP contribution in [0.1, 0.15) is 21.6 Å². The molecule has 3 heterocycles. The fourth-order valence-electron chi connectivity index (χ4n) is 3.39. The smallest absolute Gasteiger partial charge is 0.259 e. The highest BCUT2D eigenvalue weighted by Crippen LogP contribution is 2.31. The zero-order valence-electron chi connectivity index (χ0n) is 17.0. The van der Waals surface area contributed by atoms with Crippen LogP contribution in [0.3, 0.4) is 0 Å². The van der Waals surface area contributed by atoms with Gasteiger partial charge in [0.2, 0.25) is 0 Å². The molecule has 1 amide bonds. The first-order valence-corrected chi connectivity index (χ1v) is 10.7. The van der Waals surface area contributed by atoms with Crippen molar-refractivity contribution in [2.24, 2.45) is 0 Å². The molecule has 31 heavy (non-hydrogen) atoms. The second kappa shape index (κ2) is 7.77. The summed E-state index contributed by atoms with van der Waals surface area (Å²) in [7, 11) is 0. The van der Waals surface area contributed by atoms with Gasteiger partial charge in [-0.2, -0.15) is 5.10 Å². The second-order valence-corrected chi connectivity index (χ2v) is 8.30. The van der Waals surface area contributed by atoms with Gasteiger partial charge < -0.3 is 5.32 Å². The first-order chi connectivity index (χ1) is 15.1. The maximum absolute atomic E-state index is 12.8. The maximum Gasteiger partial charge on any atom is 0.259 e. The standard InChI is InChI=1S/C24H19N5OS/c1-15-6-11-20-21(13-15)31-24(28-20)17-7-9-18(10-8-17)27-23(30)19-14-26-29(16(19)2)22-5-3-4-12-25-22/h3-14H,1-2H3,(H,27,30). The van der Waals surface area contributed by atoms with E-state index in [2.05, 4.69) is 34.5 Å². The Morgan fingerprint density at radius 1 is 1.03 bits per heavy atom. The number of carbonyl (C=O) groups excluding carboxylic acids is 1. The molecule has 5 aromatic rings. The number of hydrogen-bond donors (Lipinski definition) is 1. The summed E-state index contributed by atoms with van der Waals surface area (Å²) in [6, 6.07) is 19.6. The van der Waals surface area contributed by atoms with Gasteiger partial charge in [0.15, 0.2) is 5.82 Å². The summed E-state index contributed by atoms with van der Waals surface area (Å²) in [6.07, 6.45) is 3.27. The molecule has 0 aliphatic carbocycles. The van der Waals surface area contributed by atoms with Crippen molar-refractivity contribution >= 4 is 33.1 Å². The van der Waals surface area contributed by atoms with E-state index < -0.39 is 0 Å². The van der Waals surface area contributed by atoms with E-state index in [4.69, 9.17) is 4.98 Å². The SMILES string of the molecule is Cc1ccc2nc(-c3ccc(NC(=O)c4cnn(-c5ccccn5)c4C)cc3)sc2c1. The number of fused-ring (bicyclic) bond motifs is 1. The average molecular weight is 426 g/mol. The van der Waals surface area contributed by atoms with Gasteiger partial charge in [-0.25, -0.2) is 14.6 Å². The van der Waals surface area contributed by atoms with Crippen LogP contribution in [0.25, 0.3) is 26.6 Å². The predicted molar refractivity (Wildman–Crippen MR) is 124 cm³/mol. The third kappa shape index (κ3) is 3.71. The lowest BCUT2D eigenvalue weighted by Crippen LogP contribution is -2.13. The zero-order chi connectivity index (χ0) is 21.4. The first-order valence-electron chi connectivity index (χ1n) is 9.83. The van der Waals surface area contributed by atoms with Crippen molar-refractivity contribution in [1.82, 2.24) is 19.7 Å². The molecule has 0 aliphatic rings. The van der Waals surface area contributed by atoms with Crippen LogP contribution >= 0.6 is 11.3 Å². The molecule has 0 saturated heterocycles.